The monoisotopic (exact) mass is 330 g/mol. The lowest BCUT2D eigenvalue weighted by Crippen LogP contribution is -2.35. The molecule has 0 aliphatic rings. The Kier molecular flexibility index (Phi) is 4.45. The van der Waals surface area contributed by atoms with Crippen LogP contribution in [0.5, 0.6) is 0 Å². The average Bonchev–Trinajstić information content (AvgIpc) is 3.20. The third-order valence-corrected chi connectivity index (χ3v) is 3.74. The number of carbonyl (C=O) groups is 1. The van der Waals surface area contributed by atoms with Crippen LogP contribution in [0, 0.1) is 6.92 Å². The molecule has 0 bridgehead atoms. The minimum Gasteiger partial charge on any atom is -0.469 e. The number of hydrogen-bond acceptors (Lipinski definition) is 6. The highest BCUT2D eigenvalue weighted by Crippen LogP contribution is 2.12. The third-order valence-electron chi connectivity index (χ3n) is 3.74. The lowest BCUT2D eigenvalue weighted by Gasteiger charge is -2.10. The normalized spacial score (nSPS) is 11.1. The van der Waals surface area contributed by atoms with Crippen LogP contribution in [0.15, 0.2) is 32.1 Å². The van der Waals surface area contributed by atoms with Gasteiger partial charge in [-0.05, 0) is 19.1 Å². The summed E-state index contributed by atoms with van der Waals surface area (Å²) in [6, 6.07) is 3.64. The van der Waals surface area contributed by atoms with E-state index in [1.54, 1.807) is 19.3 Å². The molecule has 3 heterocycles. The molecule has 8 heteroatoms. The van der Waals surface area contributed by atoms with E-state index in [1.807, 2.05) is 13.0 Å². The molecular weight excluding hydrogens is 312 g/mol. The Morgan fingerprint density at radius 1 is 1.42 bits per heavy atom. The fourth-order valence-corrected chi connectivity index (χ4v) is 2.52. The fraction of sp³-hybridized carbons (Fsp3) is 0.375. The average molecular weight is 330 g/mol. The van der Waals surface area contributed by atoms with Gasteiger partial charge in [-0.15, -0.1) is 0 Å². The zero-order chi connectivity index (χ0) is 17.1. The minimum atomic E-state index is -0.309. The van der Waals surface area contributed by atoms with Gasteiger partial charge in [-0.2, -0.15) is 4.98 Å². The molecule has 0 aliphatic carbocycles. The molecule has 126 valence electrons. The lowest BCUT2D eigenvalue weighted by atomic mass is 10.3. The van der Waals surface area contributed by atoms with Crippen molar-refractivity contribution in [1.29, 1.82) is 0 Å². The molecule has 0 unspecified atom stereocenters. The summed E-state index contributed by atoms with van der Waals surface area (Å²) < 4.78 is 11.6. The highest BCUT2D eigenvalue weighted by Gasteiger charge is 2.17. The summed E-state index contributed by atoms with van der Waals surface area (Å²) >= 11 is 0. The zero-order valence-electron chi connectivity index (χ0n) is 13.5. The van der Waals surface area contributed by atoms with Crippen LogP contribution in [0.25, 0.3) is 11.1 Å². The van der Waals surface area contributed by atoms with Crippen LogP contribution in [0.4, 0.5) is 0 Å². The lowest BCUT2D eigenvalue weighted by molar-refractivity contribution is -0.121. The number of hydrogen-bond donors (Lipinski definition) is 1. The molecule has 0 spiro atoms. The van der Waals surface area contributed by atoms with Crippen molar-refractivity contribution in [3.8, 4) is 0 Å². The molecule has 1 amide bonds. The first-order valence-corrected chi connectivity index (χ1v) is 7.75. The van der Waals surface area contributed by atoms with E-state index in [4.69, 9.17) is 8.94 Å². The van der Waals surface area contributed by atoms with E-state index in [0.717, 1.165) is 5.76 Å². The number of aromatic nitrogens is 3. The Labute approximate surface area is 137 Å². The third kappa shape index (κ3) is 3.08. The number of amides is 1. The molecule has 3 rings (SSSR count). The molecule has 0 fully saturated rings. The van der Waals surface area contributed by atoms with Gasteiger partial charge in [-0.25, -0.2) is 0 Å². The van der Waals surface area contributed by atoms with Crippen molar-refractivity contribution < 1.29 is 13.7 Å². The maximum atomic E-state index is 12.6. The Balaban J connectivity index is 1.76. The molecule has 0 radical (unpaired) electrons. The van der Waals surface area contributed by atoms with Crippen LogP contribution >= 0.6 is 0 Å². The Bertz CT molecular complexity index is 908. The maximum absolute atomic E-state index is 12.6. The maximum Gasteiger partial charge on any atom is 0.267 e. The Morgan fingerprint density at radius 2 is 2.25 bits per heavy atom. The second kappa shape index (κ2) is 6.69. The molecule has 0 atom stereocenters. The summed E-state index contributed by atoms with van der Waals surface area (Å²) in [5.41, 5.74) is 0.373. The molecule has 1 N–H and O–H groups in total. The van der Waals surface area contributed by atoms with Crippen LogP contribution in [0.2, 0.25) is 0 Å². The minimum absolute atomic E-state index is 0.0896. The summed E-state index contributed by atoms with van der Waals surface area (Å²) in [4.78, 5) is 29.1. The van der Waals surface area contributed by atoms with Gasteiger partial charge >= 0.3 is 0 Å². The topological polar surface area (TPSA) is 103 Å². The smallest absolute Gasteiger partial charge is 0.267 e. The van der Waals surface area contributed by atoms with Gasteiger partial charge in [-0.3, -0.25) is 14.2 Å². The SMILES string of the molecule is CCc1nc2onc(C)c2c(=O)n1CC(=O)NCCc1ccco1. The predicted molar refractivity (Wildman–Crippen MR) is 85.6 cm³/mol. The van der Waals surface area contributed by atoms with Crippen molar-refractivity contribution in [2.45, 2.75) is 33.2 Å². The van der Waals surface area contributed by atoms with E-state index < -0.39 is 0 Å². The highest BCUT2D eigenvalue weighted by molar-refractivity contribution is 5.77. The van der Waals surface area contributed by atoms with E-state index >= 15 is 0 Å². The first-order chi connectivity index (χ1) is 11.6. The van der Waals surface area contributed by atoms with Crippen molar-refractivity contribution in [2.24, 2.45) is 0 Å². The van der Waals surface area contributed by atoms with E-state index in [2.05, 4.69) is 15.5 Å². The van der Waals surface area contributed by atoms with Gasteiger partial charge in [0.25, 0.3) is 11.3 Å². The van der Waals surface area contributed by atoms with Crippen LogP contribution in [0.3, 0.4) is 0 Å². The molecule has 3 aromatic heterocycles. The first-order valence-electron chi connectivity index (χ1n) is 7.75. The Hall–Kier alpha value is -2.90. The molecule has 3 aromatic rings. The van der Waals surface area contributed by atoms with Gasteiger partial charge in [0, 0.05) is 19.4 Å². The summed E-state index contributed by atoms with van der Waals surface area (Å²) in [7, 11) is 0. The zero-order valence-corrected chi connectivity index (χ0v) is 13.5. The van der Waals surface area contributed by atoms with Crippen molar-refractivity contribution in [3.05, 3.63) is 46.0 Å². The number of carbonyl (C=O) groups excluding carboxylic acids is 1. The number of nitrogens with one attached hydrogen (secondary N) is 1. The van der Waals surface area contributed by atoms with E-state index in [-0.39, 0.29) is 23.7 Å². The standard InChI is InChI=1S/C16H18N4O4/c1-3-12-18-15-14(10(2)19-24-15)16(22)20(12)9-13(21)17-7-6-11-5-4-8-23-11/h4-5,8H,3,6-7,9H2,1-2H3,(H,17,21). The van der Waals surface area contributed by atoms with Gasteiger partial charge in [0.05, 0.1) is 12.0 Å². The summed E-state index contributed by atoms with van der Waals surface area (Å²) in [5.74, 6) is 1.03. The molecule has 24 heavy (non-hydrogen) atoms. The van der Waals surface area contributed by atoms with Crippen LogP contribution in [-0.2, 0) is 24.2 Å². The summed E-state index contributed by atoms with van der Waals surface area (Å²) in [6.07, 6.45) is 2.69. The number of furan rings is 1. The molecule has 0 aromatic carbocycles. The van der Waals surface area contributed by atoms with Gasteiger partial charge in [0.15, 0.2) is 0 Å². The van der Waals surface area contributed by atoms with E-state index in [0.29, 0.717) is 36.3 Å². The molecule has 0 saturated heterocycles. The highest BCUT2D eigenvalue weighted by atomic mass is 16.5. The second-order valence-electron chi connectivity index (χ2n) is 5.40. The van der Waals surface area contributed by atoms with Crippen LogP contribution in [0.1, 0.15) is 24.2 Å². The Morgan fingerprint density at radius 3 is 2.96 bits per heavy atom. The summed E-state index contributed by atoms with van der Waals surface area (Å²) in [5, 5.41) is 6.86. The van der Waals surface area contributed by atoms with Gasteiger partial charge in [0.2, 0.25) is 5.91 Å². The largest absolute Gasteiger partial charge is 0.469 e. The van der Waals surface area contributed by atoms with Crippen LogP contribution < -0.4 is 10.9 Å². The van der Waals surface area contributed by atoms with Gasteiger partial charge < -0.3 is 14.3 Å². The fourth-order valence-electron chi connectivity index (χ4n) is 2.52. The van der Waals surface area contributed by atoms with Gasteiger partial charge in [-0.1, -0.05) is 12.1 Å². The van der Waals surface area contributed by atoms with Crippen molar-refractivity contribution in [2.75, 3.05) is 6.54 Å². The first kappa shape index (κ1) is 16.0. The number of rotatable bonds is 6. The number of nitrogens with zero attached hydrogens (tertiary/aromatic N) is 3. The van der Waals surface area contributed by atoms with Crippen molar-refractivity contribution in [1.82, 2.24) is 20.0 Å². The number of fused-ring (bicyclic) bond motifs is 1. The quantitative estimate of drug-likeness (QED) is 0.728. The van der Waals surface area contributed by atoms with E-state index in [1.165, 1.54) is 4.57 Å². The van der Waals surface area contributed by atoms with Gasteiger partial charge in [0.1, 0.15) is 23.5 Å². The molecule has 0 saturated carbocycles. The summed E-state index contributed by atoms with van der Waals surface area (Å²) in [6.45, 7) is 3.88. The molecule has 8 nitrogen and oxygen atoms in total. The van der Waals surface area contributed by atoms with E-state index in [9.17, 15) is 9.59 Å². The molecule has 0 aliphatic heterocycles. The van der Waals surface area contributed by atoms with Crippen molar-refractivity contribution in [3.63, 3.8) is 0 Å². The second-order valence-corrected chi connectivity index (χ2v) is 5.40. The van der Waals surface area contributed by atoms with Crippen molar-refractivity contribution >= 4 is 17.0 Å². The van der Waals surface area contributed by atoms with Crippen LogP contribution in [-0.4, -0.2) is 27.2 Å². The predicted octanol–water partition coefficient (Wildman–Crippen LogP) is 1.21. The molecular formula is C16H18N4O4. The number of aryl methyl sites for hydroxylation is 2.